The van der Waals surface area contributed by atoms with E-state index < -0.39 is 10.0 Å². The summed E-state index contributed by atoms with van der Waals surface area (Å²) in [7, 11) is -3.55. The third kappa shape index (κ3) is 3.93. The molecule has 0 fully saturated rings. The zero-order valence-corrected chi connectivity index (χ0v) is 15.0. The maximum atomic E-state index is 12.4. The average molecular weight is 360 g/mol. The fraction of sp³-hybridized carbons (Fsp3) is 0.278. The third-order valence-electron chi connectivity index (χ3n) is 4.08. The van der Waals surface area contributed by atoms with Gasteiger partial charge in [-0.15, -0.1) is 0 Å². The Hall–Kier alpha value is -2.54. The number of nitrogens with zero attached hydrogens (tertiary/aromatic N) is 1. The molecule has 2 aromatic rings. The highest BCUT2D eigenvalue weighted by Gasteiger charge is 2.22. The molecule has 1 heterocycles. The molecule has 1 amide bonds. The van der Waals surface area contributed by atoms with Gasteiger partial charge in [-0.1, -0.05) is 24.3 Å². The first kappa shape index (κ1) is 17.3. The molecule has 132 valence electrons. The van der Waals surface area contributed by atoms with Gasteiger partial charge in [0, 0.05) is 13.0 Å². The Labute approximate surface area is 147 Å². The van der Waals surface area contributed by atoms with Gasteiger partial charge in [0.05, 0.1) is 23.7 Å². The molecule has 1 aliphatic heterocycles. The minimum absolute atomic E-state index is 0.0718. The lowest BCUT2D eigenvalue weighted by Gasteiger charge is -2.29. The molecule has 0 unspecified atom stereocenters. The van der Waals surface area contributed by atoms with Gasteiger partial charge in [0.25, 0.3) is 0 Å². The standard InChI is InChI=1S/C18H20N2O4S/c1-13-5-3-4-6-15(13)12-25(22,23)19-16-7-8-17-18(11-16)24-10-9-20(17)14(2)21/h3-8,11,19H,9-10,12H2,1-2H3. The minimum atomic E-state index is -3.55. The van der Waals surface area contributed by atoms with Crippen LogP contribution >= 0.6 is 0 Å². The molecule has 0 spiro atoms. The number of sulfonamides is 1. The Kier molecular flexibility index (Phi) is 4.67. The van der Waals surface area contributed by atoms with E-state index in [9.17, 15) is 13.2 Å². The Morgan fingerprint density at radius 3 is 2.72 bits per heavy atom. The first-order valence-corrected chi connectivity index (χ1v) is 9.61. The number of hydrogen-bond donors (Lipinski definition) is 1. The zero-order chi connectivity index (χ0) is 18.0. The van der Waals surface area contributed by atoms with Gasteiger partial charge in [-0.25, -0.2) is 8.42 Å². The number of carbonyl (C=O) groups is 1. The highest BCUT2D eigenvalue weighted by molar-refractivity contribution is 7.91. The van der Waals surface area contributed by atoms with E-state index in [1.165, 1.54) is 6.92 Å². The Bertz CT molecular complexity index is 909. The van der Waals surface area contributed by atoms with Gasteiger partial charge >= 0.3 is 0 Å². The molecule has 25 heavy (non-hydrogen) atoms. The van der Waals surface area contributed by atoms with Gasteiger partial charge in [-0.3, -0.25) is 9.52 Å². The second kappa shape index (κ2) is 6.76. The van der Waals surface area contributed by atoms with Crippen molar-refractivity contribution in [3.63, 3.8) is 0 Å². The molecule has 1 aliphatic rings. The molecule has 3 rings (SSSR count). The molecule has 0 saturated heterocycles. The van der Waals surface area contributed by atoms with Crippen molar-refractivity contribution < 1.29 is 17.9 Å². The van der Waals surface area contributed by atoms with E-state index in [1.54, 1.807) is 29.2 Å². The van der Waals surface area contributed by atoms with E-state index in [1.807, 2.05) is 25.1 Å². The van der Waals surface area contributed by atoms with Crippen molar-refractivity contribution in [1.29, 1.82) is 0 Å². The highest BCUT2D eigenvalue weighted by Crippen LogP contribution is 2.34. The predicted octanol–water partition coefficient (Wildman–Crippen LogP) is 2.68. The molecule has 0 radical (unpaired) electrons. The molecule has 7 heteroatoms. The maximum Gasteiger partial charge on any atom is 0.236 e. The van der Waals surface area contributed by atoms with E-state index >= 15 is 0 Å². The number of aryl methyl sites for hydroxylation is 1. The van der Waals surface area contributed by atoms with Gasteiger partial charge in [0.15, 0.2) is 0 Å². The van der Waals surface area contributed by atoms with Gasteiger partial charge in [0.2, 0.25) is 15.9 Å². The number of anilines is 2. The Morgan fingerprint density at radius 1 is 1.24 bits per heavy atom. The fourth-order valence-electron chi connectivity index (χ4n) is 2.80. The Morgan fingerprint density at radius 2 is 2.00 bits per heavy atom. The van der Waals surface area contributed by atoms with Crippen LogP contribution in [-0.4, -0.2) is 27.5 Å². The summed E-state index contributed by atoms with van der Waals surface area (Å²) in [6, 6.07) is 12.3. The second-order valence-electron chi connectivity index (χ2n) is 5.99. The second-order valence-corrected chi connectivity index (χ2v) is 7.71. The van der Waals surface area contributed by atoms with Crippen LogP contribution in [0.4, 0.5) is 11.4 Å². The van der Waals surface area contributed by atoms with Crippen LogP contribution in [0.2, 0.25) is 0 Å². The number of hydrogen-bond acceptors (Lipinski definition) is 4. The summed E-state index contributed by atoms with van der Waals surface area (Å²) in [5, 5.41) is 0. The number of amides is 1. The SMILES string of the molecule is CC(=O)N1CCOc2cc(NS(=O)(=O)Cc3ccccc3C)ccc21. The summed E-state index contributed by atoms with van der Waals surface area (Å²) in [5.74, 6) is 0.326. The van der Waals surface area contributed by atoms with Crippen molar-refractivity contribution in [2.24, 2.45) is 0 Å². The highest BCUT2D eigenvalue weighted by atomic mass is 32.2. The maximum absolute atomic E-state index is 12.4. The van der Waals surface area contributed by atoms with Gasteiger partial charge in [-0.05, 0) is 30.2 Å². The number of fused-ring (bicyclic) bond motifs is 1. The van der Waals surface area contributed by atoms with Gasteiger partial charge in [0.1, 0.15) is 12.4 Å². The van der Waals surface area contributed by atoms with Crippen molar-refractivity contribution in [3.05, 3.63) is 53.6 Å². The molecule has 2 aromatic carbocycles. The normalized spacial score (nSPS) is 13.8. The van der Waals surface area contributed by atoms with Crippen LogP contribution in [0.3, 0.4) is 0 Å². The van der Waals surface area contributed by atoms with Crippen LogP contribution in [0, 0.1) is 6.92 Å². The third-order valence-corrected chi connectivity index (χ3v) is 5.32. The minimum Gasteiger partial charge on any atom is -0.489 e. The van der Waals surface area contributed by atoms with Crippen LogP contribution in [0.1, 0.15) is 18.1 Å². The average Bonchev–Trinajstić information content (AvgIpc) is 2.55. The van der Waals surface area contributed by atoms with Gasteiger partial charge < -0.3 is 9.64 Å². The van der Waals surface area contributed by atoms with Crippen molar-refractivity contribution >= 4 is 27.3 Å². The molecular weight excluding hydrogens is 340 g/mol. The molecule has 1 N–H and O–H groups in total. The summed E-state index contributed by atoms with van der Waals surface area (Å²) in [4.78, 5) is 13.3. The number of ether oxygens (including phenoxy) is 1. The van der Waals surface area contributed by atoms with Gasteiger partial charge in [-0.2, -0.15) is 0 Å². The summed E-state index contributed by atoms with van der Waals surface area (Å²) in [5.41, 5.74) is 2.75. The molecule has 0 aliphatic carbocycles. The lowest BCUT2D eigenvalue weighted by molar-refractivity contribution is -0.116. The van der Waals surface area contributed by atoms with E-state index in [2.05, 4.69) is 4.72 Å². The predicted molar refractivity (Wildman–Crippen MR) is 97.4 cm³/mol. The Balaban J connectivity index is 1.81. The van der Waals surface area contributed by atoms with E-state index in [0.29, 0.717) is 30.3 Å². The summed E-state index contributed by atoms with van der Waals surface area (Å²) in [6.45, 7) is 4.24. The molecule has 0 atom stereocenters. The molecule has 0 aromatic heterocycles. The van der Waals surface area contributed by atoms with Crippen LogP contribution in [0.15, 0.2) is 42.5 Å². The summed E-state index contributed by atoms with van der Waals surface area (Å²) < 4.78 is 33.0. The fourth-order valence-corrected chi connectivity index (χ4v) is 4.09. The number of rotatable bonds is 4. The van der Waals surface area contributed by atoms with Crippen LogP contribution in [0.25, 0.3) is 0 Å². The van der Waals surface area contributed by atoms with Crippen molar-refractivity contribution in [2.75, 3.05) is 22.8 Å². The van der Waals surface area contributed by atoms with E-state index in [-0.39, 0.29) is 11.7 Å². The first-order chi connectivity index (χ1) is 11.9. The number of benzene rings is 2. The smallest absolute Gasteiger partial charge is 0.236 e. The van der Waals surface area contributed by atoms with Crippen LogP contribution in [0.5, 0.6) is 5.75 Å². The molecule has 0 saturated carbocycles. The lowest BCUT2D eigenvalue weighted by atomic mass is 10.1. The molecule has 6 nitrogen and oxygen atoms in total. The molecule has 0 bridgehead atoms. The number of carbonyl (C=O) groups excluding carboxylic acids is 1. The van der Waals surface area contributed by atoms with Crippen molar-refractivity contribution in [3.8, 4) is 5.75 Å². The summed E-state index contributed by atoms with van der Waals surface area (Å²) in [6.07, 6.45) is 0. The first-order valence-electron chi connectivity index (χ1n) is 7.96. The quantitative estimate of drug-likeness (QED) is 0.910. The van der Waals surface area contributed by atoms with Crippen molar-refractivity contribution in [2.45, 2.75) is 19.6 Å². The van der Waals surface area contributed by atoms with Crippen LogP contribution in [-0.2, 0) is 20.6 Å². The van der Waals surface area contributed by atoms with Crippen LogP contribution < -0.4 is 14.4 Å². The van der Waals surface area contributed by atoms with E-state index in [4.69, 9.17) is 4.74 Å². The lowest BCUT2D eigenvalue weighted by Crippen LogP contribution is -2.36. The monoisotopic (exact) mass is 360 g/mol. The van der Waals surface area contributed by atoms with Crippen molar-refractivity contribution in [1.82, 2.24) is 0 Å². The topological polar surface area (TPSA) is 75.7 Å². The summed E-state index contributed by atoms with van der Waals surface area (Å²) >= 11 is 0. The molecular formula is C18H20N2O4S. The zero-order valence-electron chi connectivity index (χ0n) is 14.2. The largest absolute Gasteiger partial charge is 0.489 e. The van der Waals surface area contributed by atoms with E-state index in [0.717, 1.165) is 11.1 Å². The number of nitrogens with one attached hydrogen (secondary N) is 1.